The topological polar surface area (TPSA) is 231 Å². The van der Waals surface area contributed by atoms with E-state index >= 15 is 0 Å². The SMILES string of the molecule is CC/C=C\C/C=C\C/C=C\C/C=C\C/C=C\C/C=C\CCCCCCC(=O)OCC(O)COP(=O)(O)OCC(O)COP(=O)(O)OCC(COC(=O)CCCCCCCC/C=C\C/C=C\C/C=C\C/C=C\CC)OC(=O)CCCCCCC/C=C\C/C=C\CCC. The third kappa shape index (κ3) is 66.7. The van der Waals surface area contributed by atoms with Crippen molar-refractivity contribution >= 4 is 33.6 Å². The van der Waals surface area contributed by atoms with Gasteiger partial charge in [0.25, 0.3) is 0 Å². The summed E-state index contributed by atoms with van der Waals surface area (Å²) in [6.07, 6.45) is 77.6. The smallest absolute Gasteiger partial charge is 0.463 e. The van der Waals surface area contributed by atoms with E-state index in [9.17, 15) is 43.5 Å². The van der Waals surface area contributed by atoms with Crippen LogP contribution in [0.3, 0.4) is 0 Å². The Kier molecular flexibility index (Phi) is 62.2. The van der Waals surface area contributed by atoms with Gasteiger partial charge in [-0.1, -0.05) is 231 Å². The lowest BCUT2D eigenvalue weighted by atomic mass is 10.1. The minimum absolute atomic E-state index is 0.0797. The van der Waals surface area contributed by atoms with Crippen molar-refractivity contribution < 1.29 is 75.8 Å². The first-order chi connectivity index (χ1) is 44.2. The normalized spacial score (nSPS) is 15.1. The van der Waals surface area contributed by atoms with Gasteiger partial charge >= 0.3 is 33.6 Å². The number of hydrogen-bond acceptors (Lipinski definition) is 14. The Bertz CT molecular complexity index is 2240. The zero-order chi connectivity index (χ0) is 66.7. The first-order valence-corrected chi connectivity index (χ1v) is 37.1. The molecule has 0 rings (SSSR count). The lowest BCUT2D eigenvalue weighted by Crippen LogP contribution is -2.30. The summed E-state index contributed by atoms with van der Waals surface area (Å²) in [7, 11) is -9.80. The maximum Gasteiger partial charge on any atom is 0.472 e. The van der Waals surface area contributed by atoms with Crippen LogP contribution < -0.4 is 0 Å². The molecule has 0 radical (unpaired) electrons. The van der Waals surface area contributed by atoms with Gasteiger partial charge in [-0.3, -0.25) is 32.5 Å². The number of aliphatic hydroxyl groups is 2. The molecule has 0 amide bonds. The summed E-state index contributed by atoms with van der Waals surface area (Å²) in [6.45, 7) is 2.28. The Morgan fingerprint density at radius 1 is 0.319 bits per heavy atom. The standard InChI is InChI=1S/C73H120O16P2/c1-4-7-10-13-16-19-22-25-27-29-31-32-33-34-36-38-39-42-44-47-50-53-56-59-71(76)83-62-68(74)63-85-90(79,80)86-64-69(75)65-87-91(81,82)88-67-70(89-73(78)61-58-55-52-49-46-41-24-21-18-15-12-9-6-3)66-84-72(77)60-57-54-51-48-45-43-40-37-35-30-28-26-23-20-17-14-11-8-5-2/h7-8,10-12,15-17,19-21,24-28,31-32,34-37,39,42,68-70,74-75H,4-6,9,13-14,18,22-23,29-30,33,38,40-41,43-67H2,1-3H3,(H,79,80)(H,81,82)/b10-7-,11-8-,15-12-,19-16-,20-17-,24-21-,27-25-,28-26-,32-31-,36-34-,37-35-,42-39-. The molecule has 0 aliphatic heterocycles. The maximum absolute atomic E-state index is 12.9. The van der Waals surface area contributed by atoms with Gasteiger partial charge < -0.3 is 34.2 Å². The summed E-state index contributed by atoms with van der Waals surface area (Å²) in [6, 6.07) is 0. The third-order valence-electron chi connectivity index (χ3n) is 13.5. The molecule has 0 aromatic heterocycles. The van der Waals surface area contributed by atoms with Gasteiger partial charge in [0, 0.05) is 19.3 Å². The molecule has 5 atom stereocenters. The summed E-state index contributed by atoms with van der Waals surface area (Å²) < 4.78 is 60.8. The average Bonchev–Trinajstić information content (AvgIpc) is 3.74. The quantitative estimate of drug-likeness (QED) is 0.0146. The van der Waals surface area contributed by atoms with Gasteiger partial charge in [-0.15, -0.1) is 0 Å². The van der Waals surface area contributed by atoms with Crippen LogP contribution in [0.4, 0.5) is 0 Å². The second kappa shape index (κ2) is 65.5. The number of carbonyl (C=O) groups excluding carboxylic acids is 3. The highest BCUT2D eigenvalue weighted by Gasteiger charge is 2.29. The van der Waals surface area contributed by atoms with Gasteiger partial charge in [0.05, 0.1) is 26.4 Å². The van der Waals surface area contributed by atoms with E-state index in [0.29, 0.717) is 19.3 Å². The number of unbranched alkanes of at least 4 members (excludes halogenated alkanes) is 16. The lowest BCUT2D eigenvalue weighted by molar-refractivity contribution is -0.161. The largest absolute Gasteiger partial charge is 0.472 e. The zero-order valence-corrected chi connectivity index (χ0v) is 57.7. The van der Waals surface area contributed by atoms with Crippen LogP contribution in [0.25, 0.3) is 0 Å². The van der Waals surface area contributed by atoms with Crippen LogP contribution in [0.15, 0.2) is 146 Å². The number of esters is 3. The number of aliphatic hydroxyl groups excluding tert-OH is 2. The molecule has 0 aliphatic carbocycles. The van der Waals surface area contributed by atoms with E-state index in [1.807, 2.05) is 0 Å². The van der Waals surface area contributed by atoms with Crippen molar-refractivity contribution in [3.63, 3.8) is 0 Å². The third-order valence-corrected chi connectivity index (χ3v) is 15.4. The van der Waals surface area contributed by atoms with Crippen LogP contribution in [-0.4, -0.2) is 95.9 Å². The molecule has 0 saturated carbocycles. The number of phosphoric ester groups is 2. The average molecular weight is 1320 g/mol. The van der Waals surface area contributed by atoms with Crippen LogP contribution in [0.1, 0.15) is 239 Å². The maximum atomic E-state index is 12.9. The van der Waals surface area contributed by atoms with E-state index in [0.717, 1.165) is 180 Å². The highest BCUT2D eigenvalue weighted by atomic mass is 31.2. The molecule has 0 saturated heterocycles. The minimum Gasteiger partial charge on any atom is -0.463 e. The molecule has 518 valence electrons. The van der Waals surface area contributed by atoms with Crippen molar-refractivity contribution in [1.29, 1.82) is 0 Å². The van der Waals surface area contributed by atoms with Gasteiger partial charge in [-0.2, -0.15) is 0 Å². The minimum atomic E-state index is -4.94. The molecule has 0 heterocycles. The Morgan fingerprint density at radius 3 is 0.923 bits per heavy atom. The Labute approximate surface area is 549 Å². The van der Waals surface area contributed by atoms with Gasteiger partial charge in [-0.05, 0) is 135 Å². The summed E-state index contributed by atoms with van der Waals surface area (Å²) >= 11 is 0. The lowest BCUT2D eigenvalue weighted by Gasteiger charge is -2.21. The van der Waals surface area contributed by atoms with E-state index in [1.165, 1.54) is 0 Å². The van der Waals surface area contributed by atoms with Crippen LogP contribution >= 0.6 is 15.6 Å². The van der Waals surface area contributed by atoms with Crippen molar-refractivity contribution in [2.45, 2.75) is 257 Å². The molecule has 0 aromatic rings. The number of rotatable bonds is 63. The Balaban J connectivity index is 4.66. The van der Waals surface area contributed by atoms with Crippen molar-refractivity contribution in [1.82, 2.24) is 0 Å². The second-order valence-electron chi connectivity index (χ2n) is 22.2. The van der Waals surface area contributed by atoms with Crippen LogP contribution in [-0.2, 0) is 55.8 Å². The summed E-state index contributed by atoms with van der Waals surface area (Å²) in [5, 5.41) is 20.5. The summed E-state index contributed by atoms with van der Waals surface area (Å²) in [4.78, 5) is 58.4. The molecule has 0 aromatic carbocycles. The molecule has 18 heteroatoms. The summed E-state index contributed by atoms with van der Waals surface area (Å²) in [5.41, 5.74) is 0. The first-order valence-electron chi connectivity index (χ1n) is 34.1. The highest BCUT2D eigenvalue weighted by Crippen LogP contribution is 2.45. The Hall–Kier alpha value is -4.57. The number of phosphoric acid groups is 2. The second-order valence-corrected chi connectivity index (χ2v) is 25.1. The van der Waals surface area contributed by atoms with Gasteiger partial charge in [0.1, 0.15) is 25.4 Å². The molecule has 4 N–H and O–H groups in total. The fourth-order valence-electron chi connectivity index (χ4n) is 8.37. The molecule has 5 unspecified atom stereocenters. The molecule has 91 heavy (non-hydrogen) atoms. The molecule has 0 aliphatic rings. The first kappa shape index (κ1) is 86.4. The molecule has 16 nitrogen and oxygen atoms in total. The fraction of sp³-hybridized carbons (Fsp3) is 0.630. The molecular formula is C73H120O16P2. The summed E-state index contributed by atoms with van der Waals surface area (Å²) in [5.74, 6) is -1.64. The van der Waals surface area contributed by atoms with Crippen molar-refractivity contribution in [3.05, 3.63) is 146 Å². The molecule has 0 bridgehead atoms. The Morgan fingerprint density at radius 2 is 0.582 bits per heavy atom. The predicted molar refractivity (Wildman–Crippen MR) is 371 cm³/mol. The van der Waals surface area contributed by atoms with E-state index in [-0.39, 0.29) is 19.3 Å². The van der Waals surface area contributed by atoms with Crippen LogP contribution in [0.5, 0.6) is 0 Å². The predicted octanol–water partition coefficient (Wildman–Crippen LogP) is 19.0. The van der Waals surface area contributed by atoms with Gasteiger partial charge in [0.15, 0.2) is 6.10 Å². The highest BCUT2D eigenvalue weighted by molar-refractivity contribution is 7.47. The molecule has 0 spiro atoms. The zero-order valence-electron chi connectivity index (χ0n) is 56.0. The van der Waals surface area contributed by atoms with Gasteiger partial charge in [0.2, 0.25) is 0 Å². The fourth-order valence-corrected chi connectivity index (χ4v) is 9.95. The number of carbonyl (C=O) groups is 3. The van der Waals surface area contributed by atoms with Crippen molar-refractivity contribution in [2.24, 2.45) is 0 Å². The number of hydrogen-bond donors (Lipinski definition) is 4. The van der Waals surface area contributed by atoms with Crippen LogP contribution in [0.2, 0.25) is 0 Å². The van der Waals surface area contributed by atoms with E-state index in [4.69, 9.17) is 32.3 Å². The van der Waals surface area contributed by atoms with Crippen molar-refractivity contribution in [2.75, 3.05) is 39.6 Å². The molecule has 0 fully saturated rings. The van der Waals surface area contributed by atoms with Crippen molar-refractivity contribution in [3.8, 4) is 0 Å². The van der Waals surface area contributed by atoms with Gasteiger partial charge in [-0.25, -0.2) is 9.13 Å². The van der Waals surface area contributed by atoms with E-state index in [1.54, 1.807) is 0 Å². The molecular weight excluding hydrogens is 1190 g/mol. The number of ether oxygens (including phenoxy) is 3. The number of allylic oxidation sites excluding steroid dienone is 24. The monoisotopic (exact) mass is 1310 g/mol. The van der Waals surface area contributed by atoms with E-state index < -0.39 is 91.5 Å². The van der Waals surface area contributed by atoms with E-state index in [2.05, 4.69) is 167 Å². The van der Waals surface area contributed by atoms with Crippen LogP contribution in [0, 0.1) is 0 Å².